The fraction of sp³-hybridized carbons (Fsp3) is 0.0952. The Hall–Kier alpha value is -4.05. The lowest BCUT2D eigenvalue weighted by molar-refractivity contribution is 0.0690. The topological polar surface area (TPSA) is 104 Å². The molecule has 0 spiro atoms. The normalized spacial score (nSPS) is 9.86. The second kappa shape index (κ2) is 9.05. The lowest BCUT2D eigenvalue weighted by Gasteiger charge is -2.04. The van der Waals surface area contributed by atoms with Gasteiger partial charge < -0.3 is 15.2 Å². The van der Waals surface area contributed by atoms with Gasteiger partial charge >= 0.3 is 12.1 Å². The first-order valence-electron chi connectivity index (χ1n) is 8.44. The van der Waals surface area contributed by atoms with Crippen molar-refractivity contribution in [3.8, 4) is 23.1 Å². The van der Waals surface area contributed by atoms with Crippen LogP contribution in [0.1, 0.15) is 21.6 Å². The summed E-state index contributed by atoms with van der Waals surface area (Å²) in [6.07, 6.45) is -0.527. The fourth-order valence-corrected chi connectivity index (χ4v) is 2.34. The van der Waals surface area contributed by atoms with E-state index in [1.54, 1.807) is 24.3 Å². The molecule has 0 saturated carbocycles. The van der Waals surface area contributed by atoms with Crippen LogP contribution < -0.4 is 5.32 Å². The van der Waals surface area contributed by atoms with Crippen molar-refractivity contribution >= 4 is 12.1 Å². The van der Waals surface area contributed by atoms with Crippen LogP contribution in [0.2, 0.25) is 0 Å². The summed E-state index contributed by atoms with van der Waals surface area (Å²) in [6, 6.07) is 18.1. The van der Waals surface area contributed by atoms with Crippen LogP contribution in [0.5, 0.6) is 0 Å². The van der Waals surface area contributed by atoms with Gasteiger partial charge in [0.2, 0.25) is 0 Å². The molecule has 1 amide bonds. The zero-order chi connectivity index (χ0) is 19.8. The highest BCUT2D eigenvalue weighted by atomic mass is 16.5. The van der Waals surface area contributed by atoms with E-state index in [2.05, 4.69) is 27.4 Å². The first kappa shape index (κ1) is 18.7. The minimum absolute atomic E-state index is 0.0316. The summed E-state index contributed by atoms with van der Waals surface area (Å²) < 4.78 is 5.09. The van der Waals surface area contributed by atoms with Crippen LogP contribution in [0.4, 0.5) is 4.79 Å². The molecule has 28 heavy (non-hydrogen) atoms. The van der Waals surface area contributed by atoms with Crippen molar-refractivity contribution in [1.29, 1.82) is 0 Å². The summed E-state index contributed by atoms with van der Waals surface area (Å²) in [5, 5.41) is 17.9. The number of amides is 1. The lowest BCUT2D eigenvalue weighted by atomic mass is 10.1. The Bertz CT molecular complexity index is 1020. The number of ether oxygens (including phenoxy) is 1. The number of alkyl carbamates (subject to hydrolysis) is 1. The minimum Gasteiger partial charge on any atom is -0.477 e. The fourth-order valence-electron chi connectivity index (χ4n) is 2.34. The summed E-state index contributed by atoms with van der Waals surface area (Å²) in [5.74, 6) is 4.72. The number of carbonyl (C=O) groups excluding carboxylic acids is 1. The van der Waals surface area contributed by atoms with E-state index in [0.717, 1.165) is 16.7 Å². The van der Waals surface area contributed by atoms with Crippen LogP contribution in [0.15, 0.2) is 60.7 Å². The van der Waals surface area contributed by atoms with Crippen LogP contribution in [0, 0.1) is 11.8 Å². The number of H-pyrrole nitrogens is 1. The summed E-state index contributed by atoms with van der Waals surface area (Å²) >= 11 is 0. The van der Waals surface area contributed by atoms with Gasteiger partial charge in [0.1, 0.15) is 12.3 Å². The number of carboxylic acids is 1. The van der Waals surface area contributed by atoms with Gasteiger partial charge in [-0.25, -0.2) is 9.59 Å². The third-order valence-corrected chi connectivity index (χ3v) is 3.76. The first-order chi connectivity index (χ1) is 13.6. The molecule has 0 radical (unpaired) electrons. The summed E-state index contributed by atoms with van der Waals surface area (Å²) in [6.45, 7) is 0.370. The number of rotatable bonds is 5. The molecule has 1 heterocycles. The van der Waals surface area contributed by atoms with Crippen molar-refractivity contribution in [3.05, 3.63) is 77.5 Å². The number of aromatic nitrogens is 2. The van der Waals surface area contributed by atoms with Crippen molar-refractivity contribution < 1.29 is 19.4 Å². The number of hydrogen-bond donors (Lipinski definition) is 3. The van der Waals surface area contributed by atoms with Crippen LogP contribution in [0.3, 0.4) is 0 Å². The molecule has 0 aliphatic rings. The van der Waals surface area contributed by atoms with Gasteiger partial charge in [-0.2, -0.15) is 5.10 Å². The van der Waals surface area contributed by atoms with E-state index in [9.17, 15) is 9.59 Å². The average Bonchev–Trinajstić information content (AvgIpc) is 3.21. The van der Waals surface area contributed by atoms with Crippen LogP contribution >= 0.6 is 0 Å². The SMILES string of the molecule is O=C(NCC#Cc1ccc(-c2cc(C(=O)O)[nH]n2)cc1)OCc1ccccc1. The molecule has 3 rings (SSSR count). The number of carboxylic acid groups (broad SMARTS) is 1. The van der Waals surface area contributed by atoms with Gasteiger partial charge in [-0.05, 0) is 23.8 Å². The smallest absolute Gasteiger partial charge is 0.408 e. The van der Waals surface area contributed by atoms with E-state index in [4.69, 9.17) is 9.84 Å². The second-order valence-electron chi connectivity index (χ2n) is 5.77. The highest BCUT2D eigenvalue weighted by Crippen LogP contribution is 2.18. The van der Waals surface area contributed by atoms with Crippen LogP contribution in [-0.4, -0.2) is 33.9 Å². The zero-order valence-corrected chi connectivity index (χ0v) is 14.8. The van der Waals surface area contributed by atoms with Crippen molar-refractivity contribution in [2.75, 3.05) is 6.54 Å². The maximum Gasteiger partial charge on any atom is 0.408 e. The third-order valence-electron chi connectivity index (χ3n) is 3.76. The Balaban J connectivity index is 1.47. The van der Waals surface area contributed by atoms with Crippen molar-refractivity contribution in [2.24, 2.45) is 0 Å². The zero-order valence-electron chi connectivity index (χ0n) is 14.8. The molecule has 7 heteroatoms. The molecule has 0 aliphatic carbocycles. The molecule has 0 saturated heterocycles. The van der Waals surface area contributed by atoms with E-state index in [1.165, 1.54) is 6.07 Å². The van der Waals surface area contributed by atoms with Gasteiger partial charge in [0.15, 0.2) is 0 Å². The molecular formula is C21H17N3O4. The second-order valence-corrected chi connectivity index (χ2v) is 5.77. The highest BCUT2D eigenvalue weighted by Gasteiger charge is 2.08. The molecule has 0 atom stereocenters. The molecule has 3 N–H and O–H groups in total. The Morgan fingerprint density at radius 2 is 1.86 bits per heavy atom. The molecule has 7 nitrogen and oxygen atoms in total. The molecule has 2 aromatic carbocycles. The Morgan fingerprint density at radius 1 is 1.11 bits per heavy atom. The Morgan fingerprint density at radius 3 is 2.54 bits per heavy atom. The van der Waals surface area contributed by atoms with E-state index in [0.29, 0.717) is 5.69 Å². The molecule has 3 aromatic rings. The van der Waals surface area contributed by atoms with E-state index in [1.807, 2.05) is 30.3 Å². The molecule has 0 fully saturated rings. The van der Waals surface area contributed by atoms with E-state index < -0.39 is 12.1 Å². The molecule has 0 aliphatic heterocycles. The average molecular weight is 375 g/mol. The highest BCUT2D eigenvalue weighted by molar-refractivity contribution is 5.86. The van der Waals surface area contributed by atoms with Crippen molar-refractivity contribution in [2.45, 2.75) is 6.61 Å². The van der Waals surface area contributed by atoms with Crippen LogP contribution in [-0.2, 0) is 11.3 Å². The summed E-state index contributed by atoms with van der Waals surface area (Å²) in [5.41, 5.74) is 3.02. The largest absolute Gasteiger partial charge is 0.477 e. The molecule has 0 unspecified atom stereocenters. The number of aromatic carboxylic acids is 1. The van der Waals surface area contributed by atoms with Crippen molar-refractivity contribution in [3.63, 3.8) is 0 Å². The Kier molecular flexibility index (Phi) is 6.06. The minimum atomic E-state index is -1.06. The number of aromatic amines is 1. The number of nitrogens with zero attached hydrogens (tertiary/aromatic N) is 1. The van der Waals surface area contributed by atoms with Gasteiger partial charge in [0, 0.05) is 11.1 Å². The van der Waals surface area contributed by atoms with Gasteiger partial charge in [-0.1, -0.05) is 54.3 Å². The summed E-state index contributed by atoms with van der Waals surface area (Å²) in [4.78, 5) is 22.5. The number of hydrogen-bond acceptors (Lipinski definition) is 4. The monoisotopic (exact) mass is 375 g/mol. The third kappa shape index (κ3) is 5.22. The molecule has 1 aromatic heterocycles. The quantitative estimate of drug-likeness (QED) is 0.595. The number of carbonyl (C=O) groups is 2. The predicted molar refractivity (Wildman–Crippen MR) is 102 cm³/mol. The molecule has 140 valence electrons. The Labute approximate surface area is 161 Å². The lowest BCUT2D eigenvalue weighted by Crippen LogP contribution is -2.24. The summed E-state index contributed by atoms with van der Waals surface area (Å²) in [7, 11) is 0. The van der Waals surface area contributed by atoms with Crippen molar-refractivity contribution in [1.82, 2.24) is 15.5 Å². The standard InChI is InChI=1S/C21H17N3O4/c25-20(26)19-13-18(23-24-19)17-10-8-15(9-11-17)7-4-12-22-21(27)28-14-16-5-2-1-3-6-16/h1-3,5-6,8-11,13H,12,14H2,(H,22,27)(H,23,24)(H,25,26). The van der Waals surface area contributed by atoms with Gasteiger partial charge in [-0.3, -0.25) is 5.10 Å². The van der Waals surface area contributed by atoms with E-state index >= 15 is 0 Å². The van der Waals surface area contributed by atoms with Gasteiger partial charge in [0.05, 0.1) is 12.2 Å². The number of nitrogens with one attached hydrogen (secondary N) is 2. The maximum atomic E-state index is 11.6. The van der Waals surface area contributed by atoms with Crippen LogP contribution in [0.25, 0.3) is 11.3 Å². The van der Waals surface area contributed by atoms with E-state index in [-0.39, 0.29) is 18.8 Å². The molecular weight excluding hydrogens is 358 g/mol. The number of benzene rings is 2. The maximum absolute atomic E-state index is 11.6. The van der Waals surface area contributed by atoms with Gasteiger partial charge in [0.25, 0.3) is 0 Å². The first-order valence-corrected chi connectivity index (χ1v) is 8.44. The predicted octanol–water partition coefficient (Wildman–Crippen LogP) is 3.05. The van der Waals surface area contributed by atoms with Gasteiger partial charge in [-0.15, -0.1) is 0 Å². The molecule has 0 bridgehead atoms.